The molecule has 2 rings (SSSR count). The van der Waals surface area contributed by atoms with Gasteiger partial charge in [-0.1, -0.05) is 18.5 Å². The average Bonchev–Trinajstić information content (AvgIpc) is 2.64. The van der Waals surface area contributed by atoms with E-state index < -0.39 is 10.0 Å². The number of halogens is 2. The Bertz CT molecular complexity index is 527. The first kappa shape index (κ1) is 14.7. The summed E-state index contributed by atoms with van der Waals surface area (Å²) < 4.78 is 27.2. The fraction of sp³-hybridized carbons (Fsp3) is 0.600. The van der Waals surface area contributed by atoms with Crippen LogP contribution in [-0.2, 0) is 10.0 Å². The summed E-state index contributed by atoms with van der Waals surface area (Å²) in [7, 11) is -3.46. The van der Waals surface area contributed by atoms with Gasteiger partial charge < -0.3 is 5.73 Å². The van der Waals surface area contributed by atoms with Crippen LogP contribution in [0.1, 0.15) is 13.3 Å². The van der Waals surface area contributed by atoms with Crippen LogP contribution in [0.4, 0.5) is 0 Å². The fourth-order valence-electron chi connectivity index (χ4n) is 1.87. The number of hydrogen-bond acceptors (Lipinski definition) is 4. The molecule has 4 nitrogen and oxygen atoms in total. The summed E-state index contributed by atoms with van der Waals surface area (Å²) in [5, 5.41) is 0.424. The van der Waals surface area contributed by atoms with Gasteiger partial charge in [-0.2, -0.15) is 4.31 Å². The first-order chi connectivity index (χ1) is 8.32. The zero-order chi connectivity index (χ0) is 13.5. The molecule has 2 unspecified atom stereocenters. The first-order valence-corrected chi connectivity index (χ1v) is 8.95. The first-order valence-electron chi connectivity index (χ1n) is 5.53. The Labute approximate surface area is 124 Å². The van der Waals surface area contributed by atoms with E-state index in [4.69, 9.17) is 17.3 Å². The highest BCUT2D eigenvalue weighted by Gasteiger charge is 2.33. The van der Waals surface area contributed by atoms with Crippen LogP contribution in [0.2, 0.25) is 5.02 Å². The lowest BCUT2D eigenvalue weighted by Crippen LogP contribution is -2.49. The topological polar surface area (TPSA) is 63.4 Å². The molecule has 1 aromatic heterocycles. The molecule has 1 fully saturated rings. The van der Waals surface area contributed by atoms with Gasteiger partial charge in [0.2, 0.25) is 0 Å². The molecular formula is C10H14BrClN2O2S2. The lowest BCUT2D eigenvalue weighted by molar-refractivity contribution is 0.253. The lowest BCUT2D eigenvalue weighted by atomic mass is 9.96. The smallest absolute Gasteiger partial charge is 0.252 e. The summed E-state index contributed by atoms with van der Waals surface area (Å²) in [4.78, 5) is 0. The highest BCUT2D eigenvalue weighted by molar-refractivity contribution is 9.11. The molecule has 1 aliphatic heterocycles. The third kappa shape index (κ3) is 2.76. The van der Waals surface area contributed by atoms with Crippen molar-refractivity contribution in [3.63, 3.8) is 0 Å². The Morgan fingerprint density at radius 3 is 2.78 bits per heavy atom. The molecule has 1 aromatic rings. The van der Waals surface area contributed by atoms with Crippen LogP contribution < -0.4 is 5.73 Å². The molecule has 0 aliphatic carbocycles. The molecule has 0 radical (unpaired) electrons. The third-order valence-corrected chi connectivity index (χ3v) is 7.98. The van der Waals surface area contributed by atoms with Gasteiger partial charge in [-0.25, -0.2) is 8.42 Å². The van der Waals surface area contributed by atoms with Gasteiger partial charge in [0.05, 0.1) is 8.81 Å². The molecule has 102 valence electrons. The second-order valence-corrected chi connectivity index (χ2v) is 9.42. The minimum Gasteiger partial charge on any atom is -0.326 e. The average molecular weight is 374 g/mol. The third-order valence-electron chi connectivity index (χ3n) is 3.20. The fourth-order valence-corrected chi connectivity index (χ4v) is 5.91. The molecule has 2 atom stereocenters. The predicted molar refractivity (Wildman–Crippen MR) is 77.5 cm³/mol. The minimum absolute atomic E-state index is 0.104. The maximum atomic E-state index is 12.4. The molecule has 0 aromatic carbocycles. The second-order valence-electron chi connectivity index (χ2n) is 4.48. The van der Waals surface area contributed by atoms with Crippen molar-refractivity contribution in [3.05, 3.63) is 14.9 Å². The number of rotatable bonds is 2. The Morgan fingerprint density at radius 1 is 1.61 bits per heavy atom. The van der Waals surface area contributed by atoms with Crippen molar-refractivity contribution in [2.24, 2.45) is 11.7 Å². The molecule has 1 saturated heterocycles. The Kier molecular flexibility index (Phi) is 4.40. The molecule has 8 heteroatoms. The van der Waals surface area contributed by atoms with E-state index in [-0.39, 0.29) is 10.3 Å². The Balaban J connectivity index is 2.26. The largest absolute Gasteiger partial charge is 0.326 e. The van der Waals surface area contributed by atoms with Crippen LogP contribution in [0.5, 0.6) is 0 Å². The summed E-state index contributed by atoms with van der Waals surface area (Å²) >= 11 is 10.2. The molecule has 0 bridgehead atoms. The van der Waals surface area contributed by atoms with E-state index in [1.54, 1.807) is 0 Å². The van der Waals surface area contributed by atoms with Crippen LogP contribution >= 0.6 is 38.9 Å². The summed E-state index contributed by atoms with van der Waals surface area (Å²) in [5.41, 5.74) is 5.94. The maximum Gasteiger partial charge on any atom is 0.252 e. The van der Waals surface area contributed by atoms with Gasteiger partial charge in [0.25, 0.3) is 10.0 Å². The van der Waals surface area contributed by atoms with E-state index in [0.29, 0.717) is 27.8 Å². The van der Waals surface area contributed by atoms with Crippen molar-refractivity contribution < 1.29 is 8.42 Å². The van der Waals surface area contributed by atoms with E-state index in [2.05, 4.69) is 15.9 Å². The van der Waals surface area contributed by atoms with Gasteiger partial charge in [-0.05, 0) is 34.3 Å². The zero-order valence-electron chi connectivity index (χ0n) is 9.77. The molecule has 1 aliphatic rings. The number of nitrogens with zero attached hydrogens (tertiary/aromatic N) is 1. The lowest BCUT2D eigenvalue weighted by Gasteiger charge is -2.33. The van der Waals surface area contributed by atoms with Crippen LogP contribution in [0.3, 0.4) is 0 Å². The van der Waals surface area contributed by atoms with Gasteiger partial charge in [-0.3, -0.25) is 0 Å². The molecule has 18 heavy (non-hydrogen) atoms. The molecule has 2 N–H and O–H groups in total. The van der Waals surface area contributed by atoms with E-state index in [9.17, 15) is 8.42 Å². The molecule has 0 amide bonds. The normalized spacial score (nSPS) is 26.4. The van der Waals surface area contributed by atoms with Crippen LogP contribution in [0.15, 0.2) is 14.1 Å². The van der Waals surface area contributed by atoms with Crippen molar-refractivity contribution in [2.75, 3.05) is 13.1 Å². The van der Waals surface area contributed by atoms with Crippen LogP contribution in [0.25, 0.3) is 0 Å². The van der Waals surface area contributed by atoms with Crippen molar-refractivity contribution in [1.29, 1.82) is 0 Å². The van der Waals surface area contributed by atoms with Gasteiger partial charge in [-0.15, -0.1) is 11.3 Å². The molecule has 0 saturated carbocycles. The summed E-state index contributed by atoms with van der Waals surface area (Å²) in [6, 6.07) is 1.38. The molecule has 2 heterocycles. The molecular weight excluding hydrogens is 360 g/mol. The van der Waals surface area contributed by atoms with Crippen molar-refractivity contribution in [1.82, 2.24) is 4.31 Å². The minimum atomic E-state index is -3.46. The van der Waals surface area contributed by atoms with Crippen molar-refractivity contribution in [3.8, 4) is 0 Å². The van der Waals surface area contributed by atoms with Crippen molar-refractivity contribution in [2.45, 2.75) is 23.6 Å². The number of nitrogens with two attached hydrogens (primary N) is 1. The second kappa shape index (κ2) is 5.38. The van der Waals surface area contributed by atoms with Gasteiger partial charge in [0.15, 0.2) is 0 Å². The molecule has 0 spiro atoms. The SMILES string of the molecule is CC1CCN(S(=O)(=O)c2cc(Cl)c(Br)s2)CC1N. The van der Waals surface area contributed by atoms with Crippen LogP contribution in [-0.4, -0.2) is 31.9 Å². The number of hydrogen-bond donors (Lipinski definition) is 1. The number of thiophene rings is 1. The highest BCUT2D eigenvalue weighted by Crippen LogP contribution is 2.36. The van der Waals surface area contributed by atoms with E-state index >= 15 is 0 Å². The van der Waals surface area contributed by atoms with E-state index in [1.807, 2.05) is 6.92 Å². The van der Waals surface area contributed by atoms with E-state index in [0.717, 1.165) is 17.8 Å². The van der Waals surface area contributed by atoms with Crippen LogP contribution in [0, 0.1) is 5.92 Å². The Hall–Kier alpha value is 0.340. The maximum absolute atomic E-state index is 12.4. The van der Waals surface area contributed by atoms with Crippen molar-refractivity contribution >= 4 is 48.9 Å². The summed E-state index contributed by atoms with van der Waals surface area (Å²) in [5.74, 6) is 0.357. The van der Waals surface area contributed by atoms with Gasteiger partial charge in [0.1, 0.15) is 4.21 Å². The van der Waals surface area contributed by atoms with E-state index in [1.165, 1.54) is 10.4 Å². The number of sulfonamides is 1. The standard InChI is InChI=1S/C10H14BrClN2O2S2/c1-6-2-3-14(5-8(6)13)18(15,16)9-4-7(12)10(11)17-9/h4,6,8H,2-3,5,13H2,1H3. The summed E-state index contributed by atoms with van der Waals surface area (Å²) in [6.45, 7) is 2.94. The van der Waals surface area contributed by atoms with Gasteiger partial charge >= 0.3 is 0 Å². The zero-order valence-corrected chi connectivity index (χ0v) is 13.7. The van der Waals surface area contributed by atoms with Gasteiger partial charge in [0, 0.05) is 19.1 Å². The monoisotopic (exact) mass is 372 g/mol. The quantitative estimate of drug-likeness (QED) is 0.866. The number of piperidine rings is 1. The highest BCUT2D eigenvalue weighted by atomic mass is 79.9. The summed E-state index contributed by atoms with van der Waals surface area (Å²) in [6.07, 6.45) is 0.792. The Morgan fingerprint density at radius 2 is 2.28 bits per heavy atom. The predicted octanol–water partition coefficient (Wildman–Crippen LogP) is 2.52.